The molecule has 2 heterocycles. The summed E-state index contributed by atoms with van der Waals surface area (Å²) in [6.07, 6.45) is 5.09. The third kappa shape index (κ3) is 2.95. The van der Waals surface area contributed by atoms with Crippen LogP contribution in [0.4, 0.5) is 5.69 Å². The second-order valence-corrected chi connectivity index (χ2v) is 7.36. The van der Waals surface area contributed by atoms with Crippen molar-refractivity contribution in [3.8, 4) is 0 Å². The lowest BCUT2D eigenvalue weighted by molar-refractivity contribution is -0.129. The lowest BCUT2D eigenvalue weighted by atomic mass is 10.1. The molecule has 6 heteroatoms. The van der Waals surface area contributed by atoms with Crippen LogP contribution in [-0.2, 0) is 14.8 Å². The molecule has 0 N–H and O–H groups in total. The molecule has 1 amide bonds. The molecule has 0 unspecified atom stereocenters. The van der Waals surface area contributed by atoms with Crippen molar-refractivity contribution in [2.75, 3.05) is 29.7 Å². The summed E-state index contributed by atoms with van der Waals surface area (Å²) < 4.78 is 25.1. The van der Waals surface area contributed by atoms with Gasteiger partial charge in [-0.3, -0.25) is 9.10 Å². The number of sulfonamides is 1. The standard InChI is InChI=1S/C15H18N2O3S/c18-15(16-9-1-10-16)8-5-13-3-6-14(7-4-13)17-11-2-12-21(17,19)20/h3-8H,1-2,9-12H2/b8-5+. The molecular weight excluding hydrogens is 288 g/mol. The van der Waals surface area contributed by atoms with Gasteiger partial charge in [-0.05, 0) is 36.6 Å². The van der Waals surface area contributed by atoms with Crippen molar-refractivity contribution >= 4 is 27.7 Å². The van der Waals surface area contributed by atoms with E-state index < -0.39 is 10.0 Å². The second-order valence-electron chi connectivity index (χ2n) is 5.35. The first-order valence-electron chi connectivity index (χ1n) is 7.14. The monoisotopic (exact) mass is 306 g/mol. The number of carbonyl (C=O) groups excluding carboxylic acids is 1. The lowest BCUT2D eigenvalue weighted by Crippen LogP contribution is -2.40. The Balaban J connectivity index is 1.69. The van der Waals surface area contributed by atoms with E-state index in [1.54, 1.807) is 29.2 Å². The number of rotatable bonds is 3. The molecule has 112 valence electrons. The van der Waals surface area contributed by atoms with Gasteiger partial charge in [-0.2, -0.15) is 0 Å². The second kappa shape index (κ2) is 5.52. The number of amides is 1. The van der Waals surface area contributed by atoms with E-state index in [-0.39, 0.29) is 11.7 Å². The molecular formula is C15H18N2O3S. The number of benzene rings is 1. The summed E-state index contributed by atoms with van der Waals surface area (Å²) >= 11 is 0. The molecule has 1 aromatic carbocycles. The van der Waals surface area contributed by atoms with Crippen molar-refractivity contribution in [1.29, 1.82) is 0 Å². The summed E-state index contributed by atoms with van der Waals surface area (Å²) in [5.41, 5.74) is 1.59. The molecule has 21 heavy (non-hydrogen) atoms. The number of carbonyl (C=O) groups is 1. The Labute approximate surface area is 124 Å². The third-order valence-electron chi connectivity index (χ3n) is 3.87. The summed E-state index contributed by atoms with van der Waals surface area (Å²) in [6.45, 7) is 2.23. The van der Waals surface area contributed by atoms with Crippen LogP contribution in [0.2, 0.25) is 0 Å². The molecule has 0 atom stereocenters. The van der Waals surface area contributed by atoms with Gasteiger partial charge in [0.25, 0.3) is 0 Å². The van der Waals surface area contributed by atoms with Crippen molar-refractivity contribution in [2.45, 2.75) is 12.8 Å². The van der Waals surface area contributed by atoms with Crippen LogP contribution in [0.3, 0.4) is 0 Å². The minimum atomic E-state index is -3.13. The molecule has 0 aromatic heterocycles. The molecule has 0 spiro atoms. The SMILES string of the molecule is O=C(/C=C/c1ccc(N2CCCS2(=O)=O)cc1)N1CCC1. The van der Waals surface area contributed by atoms with Gasteiger partial charge in [0.05, 0.1) is 11.4 Å². The first-order valence-corrected chi connectivity index (χ1v) is 8.75. The van der Waals surface area contributed by atoms with Crippen LogP contribution in [0.1, 0.15) is 18.4 Å². The van der Waals surface area contributed by atoms with E-state index >= 15 is 0 Å². The van der Waals surface area contributed by atoms with Gasteiger partial charge in [-0.25, -0.2) is 8.42 Å². The Morgan fingerprint density at radius 2 is 1.76 bits per heavy atom. The van der Waals surface area contributed by atoms with Crippen LogP contribution >= 0.6 is 0 Å². The highest BCUT2D eigenvalue weighted by molar-refractivity contribution is 7.93. The predicted molar refractivity (Wildman–Crippen MR) is 82.4 cm³/mol. The van der Waals surface area contributed by atoms with Crippen molar-refractivity contribution in [3.63, 3.8) is 0 Å². The zero-order chi connectivity index (χ0) is 14.9. The van der Waals surface area contributed by atoms with Crippen LogP contribution in [-0.4, -0.2) is 44.6 Å². The third-order valence-corrected chi connectivity index (χ3v) is 5.74. The quantitative estimate of drug-likeness (QED) is 0.795. The topological polar surface area (TPSA) is 57.7 Å². The number of hydrogen-bond donors (Lipinski definition) is 0. The fraction of sp³-hybridized carbons (Fsp3) is 0.400. The molecule has 2 saturated heterocycles. The minimum absolute atomic E-state index is 0.0347. The summed E-state index contributed by atoms with van der Waals surface area (Å²) in [7, 11) is -3.13. The Morgan fingerprint density at radius 3 is 2.29 bits per heavy atom. The van der Waals surface area contributed by atoms with Crippen molar-refractivity contribution in [1.82, 2.24) is 4.90 Å². The van der Waals surface area contributed by atoms with Crippen molar-refractivity contribution in [2.24, 2.45) is 0 Å². The first-order chi connectivity index (χ1) is 10.1. The maximum absolute atomic E-state index is 11.8. The van der Waals surface area contributed by atoms with Gasteiger partial charge in [0, 0.05) is 25.7 Å². The van der Waals surface area contributed by atoms with Crippen LogP contribution in [0.15, 0.2) is 30.3 Å². The van der Waals surface area contributed by atoms with Gasteiger partial charge < -0.3 is 4.90 Å². The lowest BCUT2D eigenvalue weighted by Gasteiger charge is -2.29. The highest BCUT2D eigenvalue weighted by Crippen LogP contribution is 2.24. The maximum atomic E-state index is 11.8. The summed E-state index contributed by atoms with van der Waals surface area (Å²) in [5, 5.41) is 0. The summed E-state index contributed by atoms with van der Waals surface area (Å²) in [4.78, 5) is 13.5. The number of anilines is 1. The molecule has 0 bridgehead atoms. The first kappa shape index (κ1) is 14.1. The van der Waals surface area contributed by atoms with E-state index in [0.717, 1.165) is 25.1 Å². The minimum Gasteiger partial charge on any atom is -0.339 e. The molecule has 2 aliphatic heterocycles. The van der Waals surface area contributed by atoms with E-state index in [0.29, 0.717) is 18.7 Å². The smallest absolute Gasteiger partial charge is 0.246 e. The molecule has 2 aliphatic rings. The van der Waals surface area contributed by atoms with E-state index in [2.05, 4.69) is 0 Å². The Bertz CT molecular complexity index is 661. The highest BCUT2D eigenvalue weighted by atomic mass is 32.2. The van der Waals surface area contributed by atoms with Gasteiger partial charge in [0.1, 0.15) is 0 Å². The van der Waals surface area contributed by atoms with Crippen molar-refractivity contribution in [3.05, 3.63) is 35.9 Å². The van der Waals surface area contributed by atoms with Crippen molar-refractivity contribution < 1.29 is 13.2 Å². The Morgan fingerprint density at radius 1 is 1.05 bits per heavy atom. The van der Waals surface area contributed by atoms with E-state index in [9.17, 15) is 13.2 Å². The summed E-state index contributed by atoms with van der Waals surface area (Å²) in [5.74, 6) is 0.256. The van der Waals surface area contributed by atoms with Gasteiger partial charge in [0.2, 0.25) is 15.9 Å². The number of likely N-dealkylation sites (tertiary alicyclic amines) is 1. The van der Waals surface area contributed by atoms with E-state index in [1.807, 2.05) is 12.1 Å². The van der Waals surface area contributed by atoms with Gasteiger partial charge in [-0.15, -0.1) is 0 Å². The molecule has 0 radical (unpaired) electrons. The highest BCUT2D eigenvalue weighted by Gasteiger charge is 2.28. The van der Waals surface area contributed by atoms with Gasteiger partial charge >= 0.3 is 0 Å². The molecule has 1 aromatic rings. The molecule has 0 saturated carbocycles. The van der Waals surface area contributed by atoms with E-state index in [1.165, 1.54) is 4.31 Å². The van der Waals surface area contributed by atoms with Crippen LogP contribution in [0, 0.1) is 0 Å². The number of nitrogens with zero attached hydrogens (tertiary/aromatic N) is 2. The molecule has 3 rings (SSSR count). The predicted octanol–water partition coefficient (Wildman–Crippen LogP) is 1.47. The average molecular weight is 306 g/mol. The zero-order valence-electron chi connectivity index (χ0n) is 11.7. The molecule has 5 nitrogen and oxygen atoms in total. The van der Waals surface area contributed by atoms with E-state index in [4.69, 9.17) is 0 Å². The Hall–Kier alpha value is -1.82. The van der Waals surface area contributed by atoms with Gasteiger partial charge in [-0.1, -0.05) is 12.1 Å². The maximum Gasteiger partial charge on any atom is 0.246 e. The summed E-state index contributed by atoms with van der Waals surface area (Å²) in [6, 6.07) is 7.25. The van der Waals surface area contributed by atoms with Gasteiger partial charge in [0.15, 0.2) is 0 Å². The number of hydrogen-bond acceptors (Lipinski definition) is 3. The van der Waals surface area contributed by atoms with Crippen LogP contribution < -0.4 is 4.31 Å². The fourth-order valence-corrected chi connectivity index (χ4v) is 4.06. The van der Waals surface area contributed by atoms with Crippen LogP contribution in [0.25, 0.3) is 6.08 Å². The largest absolute Gasteiger partial charge is 0.339 e. The fourth-order valence-electron chi connectivity index (χ4n) is 2.49. The molecule has 0 aliphatic carbocycles. The Kier molecular flexibility index (Phi) is 3.71. The normalized spacial score (nSPS) is 20.8. The van der Waals surface area contributed by atoms with Crippen LogP contribution in [0.5, 0.6) is 0 Å². The zero-order valence-corrected chi connectivity index (χ0v) is 12.6. The molecule has 2 fully saturated rings. The average Bonchev–Trinajstić information content (AvgIpc) is 2.75.